The average Bonchev–Trinajstić information content (AvgIpc) is 2.53. The van der Waals surface area contributed by atoms with Gasteiger partial charge in [0.1, 0.15) is 13.2 Å². The Morgan fingerprint density at radius 2 is 1.77 bits per heavy atom. The maximum Gasteiger partial charge on any atom is 0.163 e. The Bertz CT molecular complexity index is 741. The van der Waals surface area contributed by atoms with Gasteiger partial charge in [-0.05, 0) is 35.9 Å². The predicted molar refractivity (Wildman–Crippen MR) is 91.1 cm³/mol. The van der Waals surface area contributed by atoms with Crippen molar-refractivity contribution in [1.82, 2.24) is 0 Å². The van der Waals surface area contributed by atoms with Crippen LogP contribution in [0.25, 0.3) is 6.08 Å². The lowest BCUT2D eigenvalue weighted by Crippen LogP contribution is -2.14. The van der Waals surface area contributed by atoms with Gasteiger partial charge in [0.2, 0.25) is 0 Å². The lowest BCUT2D eigenvalue weighted by molar-refractivity contribution is 0.171. The summed E-state index contributed by atoms with van der Waals surface area (Å²) in [5.41, 5.74) is 1.69. The van der Waals surface area contributed by atoms with Crippen LogP contribution in [0.5, 0.6) is 11.5 Å². The minimum atomic E-state index is 0.565. The molecule has 0 unspecified atom stereocenters. The number of rotatable bonds is 3. The molecule has 1 heterocycles. The Labute approximate surface area is 138 Å². The number of ether oxygens (including phenoxy) is 2. The molecular weight excluding hydrogens is 321 g/mol. The minimum absolute atomic E-state index is 0.565. The van der Waals surface area contributed by atoms with Crippen LogP contribution in [0.3, 0.4) is 0 Å². The van der Waals surface area contributed by atoms with E-state index in [2.05, 4.69) is 4.99 Å². The quantitative estimate of drug-likeness (QED) is 0.724. The fourth-order valence-corrected chi connectivity index (χ4v) is 2.50. The van der Waals surface area contributed by atoms with Crippen molar-refractivity contribution in [2.75, 3.05) is 13.2 Å². The largest absolute Gasteiger partial charge is 0.486 e. The molecule has 0 aromatic heterocycles. The third-order valence-electron chi connectivity index (χ3n) is 3.07. The predicted octanol–water partition coefficient (Wildman–Crippen LogP) is 5.18. The number of hydrogen-bond donors (Lipinski definition) is 0. The number of hydrogen-bond acceptors (Lipinski definition) is 3. The molecule has 1 aliphatic heterocycles. The standard InChI is InChI=1S/C17H13Cl2NO2/c18-13-4-3-12(15(19)10-13)2-1-7-20-14-5-6-16-17(11-14)22-9-8-21-16/h1-7,10-11H,8-9H2. The number of allylic oxidation sites excluding steroid dienone is 1. The molecule has 22 heavy (non-hydrogen) atoms. The van der Waals surface area contributed by atoms with E-state index < -0.39 is 0 Å². The Balaban J connectivity index is 1.70. The molecule has 3 nitrogen and oxygen atoms in total. The van der Waals surface area contributed by atoms with Gasteiger partial charge in [-0.1, -0.05) is 35.3 Å². The van der Waals surface area contributed by atoms with E-state index in [9.17, 15) is 0 Å². The van der Waals surface area contributed by atoms with Gasteiger partial charge < -0.3 is 9.47 Å². The molecule has 5 heteroatoms. The molecule has 0 fully saturated rings. The van der Waals surface area contributed by atoms with Crippen LogP contribution in [-0.2, 0) is 0 Å². The summed E-state index contributed by atoms with van der Waals surface area (Å²) < 4.78 is 11.0. The highest BCUT2D eigenvalue weighted by Gasteiger charge is 2.10. The summed E-state index contributed by atoms with van der Waals surface area (Å²) in [6.07, 6.45) is 5.41. The van der Waals surface area contributed by atoms with E-state index in [-0.39, 0.29) is 0 Å². The van der Waals surface area contributed by atoms with Gasteiger partial charge in [0.15, 0.2) is 11.5 Å². The second kappa shape index (κ2) is 6.86. The van der Waals surface area contributed by atoms with Crippen molar-refractivity contribution in [3.8, 4) is 11.5 Å². The number of halogens is 2. The zero-order valence-electron chi connectivity index (χ0n) is 11.6. The van der Waals surface area contributed by atoms with Crippen LogP contribution >= 0.6 is 23.2 Å². The lowest BCUT2D eigenvalue weighted by Gasteiger charge is -2.18. The SMILES string of the molecule is Clc1ccc(C=CC=Nc2ccc3c(c2)OCCO3)c(Cl)c1. The van der Waals surface area contributed by atoms with E-state index in [0.29, 0.717) is 23.3 Å². The number of fused-ring (bicyclic) bond motifs is 1. The monoisotopic (exact) mass is 333 g/mol. The lowest BCUT2D eigenvalue weighted by atomic mass is 10.2. The Morgan fingerprint density at radius 3 is 2.59 bits per heavy atom. The van der Waals surface area contributed by atoms with E-state index in [1.54, 1.807) is 18.3 Å². The first kappa shape index (κ1) is 14.9. The minimum Gasteiger partial charge on any atom is -0.486 e. The number of aliphatic imine (C=N–C) groups is 1. The molecule has 0 spiro atoms. The number of benzene rings is 2. The molecule has 1 aliphatic rings. The number of nitrogens with zero attached hydrogens (tertiary/aromatic N) is 1. The van der Waals surface area contributed by atoms with Crippen molar-refractivity contribution >= 4 is 41.2 Å². The van der Waals surface area contributed by atoms with Crippen molar-refractivity contribution in [2.24, 2.45) is 4.99 Å². The van der Waals surface area contributed by atoms with Crippen LogP contribution in [0.2, 0.25) is 10.0 Å². The molecule has 2 aromatic rings. The van der Waals surface area contributed by atoms with Crippen LogP contribution < -0.4 is 9.47 Å². The molecule has 0 aliphatic carbocycles. The molecule has 0 radical (unpaired) electrons. The van der Waals surface area contributed by atoms with Crippen molar-refractivity contribution in [3.63, 3.8) is 0 Å². The zero-order chi connectivity index (χ0) is 15.4. The van der Waals surface area contributed by atoms with Gasteiger partial charge in [-0.15, -0.1) is 0 Å². The van der Waals surface area contributed by atoms with Crippen LogP contribution in [0.15, 0.2) is 47.5 Å². The maximum absolute atomic E-state index is 6.09. The molecule has 0 bridgehead atoms. The van der Waals surface area contributed by atoms with E-state index in [1.165, 1.54) is 0 Å². The summed E-state index contributed by atoms with van der Waals surface area (Å²) in [6.45, 7) is 1.15. The normalized spacial score (nSPS) is 13.9. The Hall–Kier alpha value is -1.97. The van der Waals surface area contributed by atoms with Gasteiger partial charge in [0.25, 0.3) is 0 Å². The second-order valence-electron chi connectivity index (χ2n) is 4.63. The maximum atomic E-state index is 6.09. The van der Waals surface area contributed by atoms with Crippen LogP contribution in [0.1, 0.15) is 5.56 Å². The molecule has 0 saturated heterocycles. The zero-order valence-corrected chi connectivity index (χ0v) is 13.1. The van der Waals surface area contributed by atoms with Crippen molar-refractivity contribution in [1.29, 1.82) is 0 Å². The Morgan fingerprint density at radius 1 is 0.955 bits per heavy atom. The molecule has 2 aromatic carbocycles. The molecule has 0 N–H and O–H groups in total. The van der Waals surface area contributed by atoms with Gasteiger partial charge in [-0.2, -0.15) is 0 Å². The van der Waals surface area contributed by atoms with Gasteiger partial charge in [-0.25, -0.2) is 0 Å². The smallest absolute Gasteiger partial charge is 0.163 e. The topological polar surface area (TPSA) is 30.8 Å². The molecule has 0 atom stereocenters. The first-order valence-corrected chi connectivity index (χ1v) is 7.53. The first-order valence-electron chi connectivity index (χ1n) is 6.78. The van der Waals surface area contributed by atoms with Crippen LogP contribution in [0.4, 0.5) is 5.69 Å². The van der Waals surface area contributed by atoms with Crippen molar-refractivity contribution in [3.05, 3.63) is 58.1 Å². The molecule has 0 saturated carbocycles. The van der Waals surface area contributed by atoms with E-state index in [1.807, 2.05) is 36.4 Å². The highest BCUT2D eigenvalue weighted by molar-refractivity contribution is 6.35. The summed E-state index contributed by atoms with van der Waals surface area (Å²) >= 11 is 12.0. The fraction of sp³-hybridized carbons (Fsp3) is 0.118. The van der Waals surface area contributed by atoms with Crippen molar-refractivity contribution in [2.45, 2.75) is 0 Å². The second-order valence-corrected chi connectivity index (χ2v) is 5.47. The van der Waals surface area contributed by atoms with Crippen LogP contribution in [-0.4, -0.2) is 19.4 Å². The first-order chi connectivity index (χ1) is 10.7. The summed E-state index contributed by atoms with van der Waals surface area (Å²) in [4.78, 5) is 4.36. The van der Waals surface area contributed by atoms with E-state index in [4.69, 9.17) is 32.7 Å². The fourth-order valence-electron chi connectivity index (χ4n) is 2.02. The highest BCUT2D eigenvalue weighted by atomic mass is 35.5. The Kier molecular flexibility index (Phi) is 4.66. The summed E-state index contributed by atoms with van der Waals surface area (Å²) in [5.74, 6) is 1.49. The van der Waals surface area contributed by atoms with Gasteiger partial charge >= 0.3 is 0 Å². The van der Waals surface area contributed by atoms with Crippen molar-refractivity contribution < 1.29 is 9.47 Å². The molecule has 3 rings (SSSR count). The summed E-state index contributed by atoms with van der Waals surface area (Å²) in [5, 5.41) is 1.23. The third kappa shape index (κ3) is 3.62. The van der Waals surface area contributed by atoms with E-state index in [0.717, 1.165) is 22.7 Å². The van der Waals surface area contributed by atoms with Gasteiger partial charge in [0, 0.05) is 22.3 Å². The van der Waals surface area contributed by atoms with E-state index >= 15 is 0 Å². The summed E-state index contributed by atoms with van der Waals surface area (Å²) in [7, 11) is 0. The van der Waals surface area contributed by atoms with Gasteiger partial charge in [-0.3, -0.25) is 4.99 Å². The highest BCUT2D eigenvalue weighted by Crippen LogP contribution is 2.33. The summed E-state index contributed by atoms with van der Waals surface area (Å²) in [6, 6.07) is 11.0. The molecule has 112 valence electrons. The molecular formula is C17H13Cl2NO2. The van der Waals surface area contributed by atoms with Crippen LogP contribution in [0, 0.1) is 0 Å². The molecule has 0 amide bonds. The van der Waals surface area contributed by atoms with Gasteiger partial charge in [0.05, 0.1) is 5.69 Å². The average molecular weight is 334 g/mol. The third-order valence-corrected chi connectivity index (χ3v) is 3.64.